The average molecular weight is 797 g/mol. The van der Waals surface area contributed by atoms with Crippen molar-refractivity contribution in [3.8, 4) is 28.4 Å². The van der Waals surface area contributed by atoms with Gasteiger partial charge in [0.05, 0.1) is 6.04 Å². The van der Waals surface area contributed by atoms with Gasteiger partial charge in [-0.05, 0) is 85.7 Å². The van der Waals surface area contributed by atoms with Crippen LogP contribution in [0.15, 0.2) is 115 Å². The zero-order valence-electron chi connectivity index (χ0n) is 26.5. The molecule has 3 heterocycles. The minimum atomic E-state index is 0. The molecule has 236 valence electrons. The van der Waals surface area contributed by atoms with Crippen LogP contribution in [0.25, 0.3) is 38.8 Å². The van der Waals surface area contributed by atoms with Crippen molar-refractivity contribution in [3.63, 3.8) is 0 Å². The van der Waals surface area contributed by atoms with Crippen molar-refractivity contribution in [2.45, 2.75) is 33.7 Å². The van der Waals surface area contributed by atoms with Crippen molar-refractivity contribution >= 4 is 38.9 Å². The number of rotatable bonds is 6. The van der Waals surface area contributed by atoms with Gasteiger partial charge in [-0.2, -0.15) is 17.1 Å². The van der Waals surface area contributed by atoms with Crippen LogP contribution >= 0.6 is 0 Å². The molecule has 0 aliphatic carbocycles. The SMILES string of the molecule is Cc1cccc(C)c1-c1ccnc(-n2c3[c-]c(Oc4[c-]c(N5[OH+]N(C(C)C)c6ccccc65)ccc4)ccc3c3ccccc32)c1.[Pt]. The van der Waals surface area contributed by atoms with Crippen molar-refractivity contribution in [2.75, 3.05) is 10.1 Å². The Hall–Kier alpha value is -4.90. The standard InChI is InChI=1S/C40H32N4O2.Pt/c1-26(2)43-36-17-7-8-18-37(36)44(46-43)30-13-10-14-31(24-30)45-32-19-20-34-33-15-5-6-16-35(33)42(38(34)25-32)39-23-29(21-22-41-39)40-27(3)11-9-12-28(40)4;/h5-23,26H,1-4H3;/q-2;/p+1. The predicted octanol–water partition coefficient (Wildman–Crippen LogP) is 10.1. The van der Waals surface area contributed by atoms with Crippen LogP contribution in [-0.2, 0) is 21.1 Å². The van der Waals surface area contributed by atoms with E-state index in [-0.39, 0.29) is 27.1 Å². The van der Waals surface area contributed by atoms with Gasteiger partial charge in [0.2, 0.25) is 0 Å². The summed E-state index contributed by atoms with van der Waals surface area (Å²) < 4.78 is 8.61. The predicted molar refractivity (Wildman–Crippen MR) is 186 cm³/mol. The molecule has 0 spiro atoms. The number of nitrogens with zero attached hydrogens (tertiary/aromatic N) is 4. The van der Waals surface area contributed by atoms with E-state index < -0.39 is 0 Å². The van der Waals surface area contributed by atoms with Gasteiger partial charge in [0, 0.05) is 50.0 Å². The molecule has 0 fully saturated rings. The second-order valence-electron chi connectivity index (χ2n) is 11.9. The molecule has 6 nitrogen and oxygen atoms in total. The van der Waals surface area contributed by atoms with Crippen molar-refractivity contribution in [1.29, 1.82) is 0 Å². The van der Waals surface area contributed by atoms with Crippen LogP contribution < -0.4 is 14.9 Å². The Morgan fingerprint density at radius 2 is 1.45 bits per heavy atom. The van der Waals surface area contributed by atoms with Crippen LogP contribution in [0.4, 0.5) is 17.1 Å². The molecule has 0 saturated heterocycles. The molecule has 0 radical (unpaired) electrons. The maximum absolute atomic E-state index is 6.43. The molecule has 0 amide bonds. The van der Waals surface area contributed by atoms with Gasteiger partial charge < -0.3 is 9.30 Å². The summed E-state index contributed by atoms with van der Waals surface area (Å²) in [6, 6.07) is 44.5. The smallest absolute Gasteiger partial charge is 0.145 e. The van der Waals surface area contributed by atoms with Gasteiger partial charge in [0.15, 0.2) is 0 Å². The Bertz CT molecular complexity index is 2240. The van der Waals surface area contributed by atoms with Crippen molar-refractivity contribution in [1.82, 2.24) is 9.55 Å². The molecule has 2 aromatic heterocycles. The minimum Gasteiger partial charge on any atom is -0.509 e. The molecule has 7 aromatic rings. The van der Waals surface area contributed by atoms with Crippen LogP contribution in [-0.4, -0.2) is 20.5 Å². The van der Waals surface area contributed by atoms with E-state index >= 15 is 0 Å². The fourth-order valence-corrected chi connectivity index (χ4v) is 6.46. The van der Waals surface area contributed by atoms with Gasteiger partial charge in [-0.3, -0.25) is 0 Å². The quantitative estimate of drug-likeness (QED) is 0.124. The van der Waals surface area contributed by atoms with E-state index in [1.54, 1.807) is 0 Å². The fourth-order valence-electron chi connectivity index (χ4n) is 6.46. The number of hydroxylamine groups is 1. The molecule has 0 saturated carbocycles. The first-order valence-electron chi connectivity index (χ1n) is 15.5. The number of benzene rings is 5. The third-order valence-electron chi connectivity index (χ3n) is 8.53. The Labute approximate surface area is 289 Å². The van der Waals surface area contributed by atoms with E-state index in [2.05, 4.69) is 117 Å². The molecule has 0 unspecified atom stereocenters. The van der Waals surface area contributed by atoms with Gasteiger partial charge in [-0.15, -0.1) is 45.8 Å². The van der Waals surface area contributed by atoms with Crippen molar-refractivity contribution in [2.24, 2.45) is 0 Å². The average Bonchev–Trinajstić information content (AvgIpc) is 3.61. The summed E-state index contributed by atoms with van der Waals surface area (Å²) >= 11 is 0. The van der Waals surface area contributed by atoms with Crippen LogP contribution in [0.1, 0.15) is 25.0 Å². The fraction of sp³-hybridized carbons (Fsp3) is 0.125. The number of para-hydroxylation sites is 3. The molecule has 5 aromatic carbocycles. The van der Waals surface area contributed by atoms with Gasteiger partial charge in [0.25, 0.3) is 0 Å². The summed E-state index contributed by atoms with van der Waals surface area (Å²) in [5, 5.41) is 6.17. The molecular formula is C40H33N4O2Pt-. The molecule has 1 aliphatic heterocycles. The van der Waals surface area contributed by atoms with Gasteiger partial charge in [-0.25, -0.2) is 4.98 Å². The molecule has 1 N–H and O–H groups in total. The van der Waals surface area contributed by atoms with E-state index in [0.29, 0.717) is 11.5 Å². The summed E-state index contributed by atoms with van der Waals surface area (Å²) in [7, 11) is 0. The zero-order valence-corrected chi connectivity index (χ0v) is 28.8. The molecule has 8 rings (SSSR count). The van der Waals surface area contributed by atoms with Crippen molar-refractivity contribution in [3.05, 3.63) is 139 Å². The van der Waals surface area contributed by atoms with E-state index in [9.17, 15) is 0 Å². The van der Waals surface area contributed by atoms with Crippen LogP contribution in [0, 0.1) is 26.0 Å². The maximum atomic E-state index is 6.43. The second-order valence-corrected chi connectivity index (χ2v) is 11.9. The van der Waals surface area contributed by atoms with Gasteiger partial charge in [-0.1, -0.05) is 54.0 Å². The Balaban J connectivity index is 0.00000351. The second kappa shape index (κ2) is 12.4. The first kappa shape index (κ1) is 30.7. The maximum Gasteiger partial charge on any atom is 0.145 e. The Kier molecular flexibility index (Phi) is 8.09. The number of ether oxygens (including phenoxy) is 1. The summed E-state index contributed by atoms with van der Waals surface area (Å²) in [5.41, 5.74) is 9.69. The van der Waals surface area contributed by atoms with Crippen molar-refractivity contribution < 1.29 is 30.7 Å². The summed E-state index contributed by atoms with van der Waals surface area (Å²) in [4.78, 5) is 9.73. The number of fused-ring (bicyclic) bond motifs is 4. The topological polar surface area (TPSA) is 46.3 Å². The monoisotopic (exact) mass is 796 g/mol. The number of aryl methyl sites for hydroxylation is 2. The summed E-state index contributed by atoms with van der Waals surface area (Å²) in [6.07, 6.45) is 1.89. The molecule has 0 bridgehead atoms. The van der Waals surface area contributed by atoms with E-state index in [1.807, 2.05) is 52.7 Å². The van der Waals surface area contributed by atoms with Crippen LogP contribution in [0.5, 0.6) is 11.5 Å². The Morgan fingerprint density at radius 1 is 0.723 bits per heavy atom. The van der Waals surface area contributed by atoms with E-state index in [4.69, 9.17) is 14.7 Å². The summed E-state index contributed by atoms with van der Waals surface area (Å²) in [5.74, 6) is 2.01. The number of hydrogen-bond acceptors (Lipinski definition) is 4. The minimum absolute atomic E-state index is 0. The van der Waals surface area contributed by atoms with Crippen LogP contribution in [0.3, 0.4) is 0 Å². The third-order valence-corrected chi connectivity index (χ3v) is 8.53. The molecule has 47 heavy (non-hydrogen) atoms. The summed E-state index contributed by atoms with van der Waals surface area (Å²) in [6.45, 7) is 8.58. The van der Waals surface area contributed by atoms with E-state index in [1.165, 1.54) is 16.7 Å². The zero-order chi connectivity index (χ0) is 31.4. The Morgan fingerprint density at radius 3 is 2.26 bits per heavy atom. The molecule has 1 aliphatic rings. The first-order chi connectivity index (χ1) is 22.5. The van der Waals surface area contributed by atoms with Crippen LogP contribution in [0.2, 0.25) is 0 Å². The molecular weight excluding hydrogens is 764 g/mol. The van der Waals surface area contributed by atoms with E-state index in [0.717, 1.165) is 50.2 Å². The van der Waals surface area contributed by atoms with Gasteiger partial charge in [0.1, 0.15) is 17.2 Å². The molecule has 7 heteroatoms. The first-order valence-corrected chi connectivity index (χ1v) is 15.5. The number of aromatic nitrogens is 2. The largest absolute Gasteiger partial charge is 0.509 e. The molecule has 0 atom stereocenters. The number of pyridine rings is 1. The third kappa shape index (κ3) is 5.38. The number of hydrogen-bond donors (Lipinski definition) is 0. The van der Waals surface area contributed by atoms with Gasteiger partial charge >= 0.3 is 0 Å². The number of anilines is 3. The normalized spacial score (nSPS) is 12.5.